The number of anilines is 1. The minimum absolute atomic E-state index is 0.0615. The predicted octanol–water partition coefficient (Wildman–Crippen LogP) is 1.65. The van der Waals surface area contributed by atoms with E-state index in [0.717, 1.165) is 0 Å². The summed E-state index contributed by atoms with van der Waals surface area (Å²) in [4.78, 5) is 0.0615. The number of nitrogen functional groups attached to an aromatic ring is 1. The molecule has 1 aliphatic rings. The fraction of sp³-hybridized carbons (Fsp3) is 0.231. The Labute approximate surface area is 117 Å². The zero-order valence-electron chi connectivity index (χ0n) is 11.1. The van der Waals surface area contributed by atoms with Gasteiger partial charge in [-0.3, -0.25) is 0 Å². The normalized spacial score (nSPS) is 23.1. The van der Waals surface area contributed by atoms with Gasteiger partial charge in [0, 0.05) is 11.5 Å². The van der Waals surface area contributed by atoms with Gasteiger partial charge in [-0.25, -0.2) is 8.42 Å². The van der Waals surface area contributed by atoms with Gasteiger partial charge in [-0.2, -0.15) is 0 Å². The van der Waals surface area contributed by atoms with Gasteiger partial charge < -0.3 is 14.7 Å². The molecule has 20 heavy (non-hydrogen) atoms. The maximum atomic E-state index is 13.4. The van der Waals surface area contributed by atoms with Crippen molar-refractivity contribution in [3.63, 3.8) is 0 Å². The summed E-state index contributed by atoms with van der Waals surface area (Å²) in [6.45, 7) is 3.34. The molecule has 7 heteroatoms. The topological polar surface area (TPSA) is 90.4 Å². The highest BCUT2D eigenvalue weighted by Gasteiger charge is 2.46. The first kappa shape index (κ1) is 13.5. The Morgan fingerprint density at radius 2 is 1.95 bits per heavy atom. The molecule has 0 radical (unpaired) electrons. The Morgan fingerprint density at radius 1 is 1.30 bits per heavy atom. The lowest BCUT2D eigenvalue weighted by atomic mass is 10.4. The molecule has 0 saturated carbocycles. The first-order chi connectivity index (χ1) is 9.34. The van der Waals surface area contributed by atoms with Gasteiger partial charge in [0.2, 0.25) is 14.9 Å². The van der Waals surface area contributed by atoms with Crippen molar-refractivity contribution in [2.24, 2.45) is 0 Å². The van der Waals surface area contributed by atoms with E-state index in [2.05, 4.69) is 0 Å². The van der Waals surface area contributed by atoms with Crippen LogP contribution in [0.2, 0.25) is 0 Å². The highest BCUT2D eigenvalue weighted by atomic mass is 32.2. The third-order valence-corrected chi connectivity index (χ3v) is 8.91. The Balaban J connectivity index is 2.55. The van der Waals surface area contributed by atoms with E-state index in [0.29, 0.717) is 17.2 Å². The summed E-state index contributed by atoms with van der Waals surface area (Å²) < 4.78 is 43.9. The molecule has 0 spiro atoms. The summed E-state index contributed by atoms with van der Waals surface area (Å²) in [5.74, 6) is 0.292. The predicted molar refractivity (Wildman–Crippen MR) is 77.2 cm³/mol. The second-order valence-corrected chi connectivity index (χ2v) is 9.59. The quantitative estimate of drug-likeness (QED) is 0.809. The van der Waals surface area contributed by atoms with Crippen molar-refractivity contribution in [2.75, 3.05) is 11.9 Å². The van der Waals surface area contributed by atoms with E-state index in [4.69, 9.17) is 10.2 Å². The number of sulfone groups is 1. The first-order valence-electron chi connectivity index (χ1n) is 6.17. The lowest BCUT2D eigenvalue weighted by molar-refractivity contribution is 0.432. The Hall–Kier alpha value is -1.52. The van der Waals surface area contributed by atoms with Crippen molar-refractivity contribution in [1.29, 1.82) is 0 Å². The third-order valence-electron chi connectivity index (χ3n) is 3.67. The Kier molecular flexibility index (Phi) is 2.69. The van der Waals surface area contributed by atoms with Gasteiger partial charge in [0.1, 0.15) is 5.76 Å². The fourth-order valence-electron chi connectivity index (χ4n) is 2.57. The van der Waals surface area contributed by atoms with Gasteiger partial charge >= 0.3 is 0 Å². The molecule has 106 valence electrons. The molecular weight excluding hydrogens is 297 g/mol. The molecule has 1 aliphatic heterocycles. The molecule has 1 unspecified atom stereocenters. The minimum Gasteiger partial charge on any atom is -0.447 e. The van der Waals surface area contributed by atoms with Crippen LogP contribution >= 0.6 is 7.14 Å². The summed E-state index contributed by atoms with van der Waals surface area (Å²) >= 11 is 0. The number of benzene rings is 1. The number of hydrogen-bond donors (Lipinski definition) is 1. The van der Waals surface area contributed by atoms with E-state index in [1.165, 1.54) is 6.07 Å². The van der Waals surface area contributed by atoms with Gasteiger partial charge in [-0.1, -0.05) is 19.1 Å². The van der Waals surface area contributed by atoms with Gasteiger partial charge in [0.15, 0.2) is 7.14 Å². The molecule has 0 saturated heterocycles. The van der Waals surface area contributed by atoms with Crippen LogP contribution in [0.3, 0.4) is 0 Å². The largest absolute Gasteiger partial charge is 0.447 e. The number of nitrogens with two attached hydrogens (primary N) is 1. The lowest BCUT2D eigenvalue weighted by Gasteiger charge is -2.24. The van der Waals surface area contributed by atoms with E-state index in [9.17, 15) is 13.0 Å². The van der Waals surface area contributed by atoms with E-state index in [-0.39, 0.29) is 21.0 Å². The molecule has 2 aromatic rings. The van der Waals surface area contributed by atoms with Crippen LogP contribution in [0.5, 0.6) is 0 Å². The van der Waals surface area contributed by atoms with Crippen LogP contribution in [0.15, 0.2) is 38.7 Å². The van der Waals surface area contributed by atoms with Crippen molar-refractivity contribution in [1.82, 2.24) is 0 Å². The first-order valence-corrected chi connectivity index (χ1v) is 9.54. The van der Waals surface area contributed by atoms with E-state index < -0.39 is 17.0 Å². The molecule has 1 atom stereocenters. The molecule has 2 heterocycles. The molecule has 5 nitrogen and oxygen atoms in total. The van der Waals surface area contributed by atoms with E-state index in [1.807, 2.05) is 0 Å². The Morgan fingerprint density at radius 3 is 2.60 bits per heavy atom. The van der Waals surface area contributed by atoms with Crippen LogP contribution < -0.4 is 16.3 Å². The SMILES string of the molecule is CCP1(=O)c2ccccc2S(=O)(=O)c2oc(C)c(N)c21. The van der Waals surface area contributed by atoms with Crippen molar-refractivity contribution in [2.45, 2.75) is 23.8 Å². The van der Waals surface area contributed by atoms with Crippen LogP contribution in [-0.4, -0.2) is 14.6 Å². The van der Waals surface area contributed by atoms with Crippen LogP contribution in [0.4, 0.5) is 5.69 Å². The van der Waals surface area contributed by atoms with Crippen LogP contribution in [-0.2, 0) is 14.4 Å². The van der Waals surface area contributed by atoms with Crippen LogP contribution in [0, 0.1) is 6.92 Å². The lowest BCUT2D eigenvalue weighted by Crippen LogP contribution is -2.32. The molecule has 0 fully saturated rings. The van der Waals surface area contributed by atoms with Gasteiger partial charge in [0.05, 0.1) is 15.9 Å². The maximum absolute atomic E-state index is 13.4. The number of rotatable bonds is 1. The van der Waals surface area contributed by atoms with Gasteiger partial charge in [0.25, 0.3) is 0 Å². The summed E-state index contributed by atoms with van der Waals surface area (Å²) in [6.07, 6.45) is 0.301. The van der Waals surface area contributed by atoms with Crippen LogP contribution in [0.25, 0.3) is 0 Å². The van der Waals surface area contributed by atoms with E-state index >= 15 is 0 Å². The van der Waals surface area contributed by atoms with Crippen molar-refractivity contribution < 1.29 is 17.4 Å². The second-order valence-electron chi connectivity index (χ2n) is 4.74. The zero-order chi connectivity index (χ0) is 14.7. The van der Waals surface area contributed by atoms with Crippen molar-refractivity contribution >= 4 is 33.3 Å². The molecule has 1 aromatic carbocycles. The standard InChI is InChI=1S/C13H14NO4PS/c1-3-19(15)9-6-4-5-7-10(9)20(16,17)13-12(19)11(14)8(2)18-13/h4-7H,3,14H2,1-2H3. The third kappa shape index (κ3) is 1.43. The second kappa shape index (κ2) is 3.99. The maximum Gasteiger partial charge on any atom is 0.241 e. The van der Waals surface area contributed by atoms with Crippen LogP contribution in [0.1, 0.15) is 12.7 Å². The number of fused-ring (bicyclic) bond motifs is 2. The van der Waals surface area contributed by atoms with Gasteiger partial charge in [-0.15, -0.1) is 0 Å². The molecule has 2 N–H and O–H groups in total. The van der Waals surface area contributed by atoms with E-state index in [1.54, 1.807) is 32.0 Å². The Bertz CT molecular complexity index is 866. The summed E-state index contributed by atoms with van der Waals surface area (Å²) in [5.41, 5.74) is 6.11. The zero-order valence-corrected chi connectivity index (χ0v) is 12.8. The van der Waals surface area contributed by atoms with Crippen molar-refractivity contribution in [3.05, 3.63) is 30.0 Å². The number of aryl methyl sites for hydroxylation is 1. The molecule has 3 rings (SSSR count). The summed E-state index contributed by atoms with van der Waals surface area (Å²) in [7, 11) is -6.87. The molecule has 0 aliphatic carbocycles. The number of hydrogen-bond acceptors (Lipinski definition) is 5. The summed E-state index contributed by atoms with van der Waals surface area (Å²) in [5, 5.41) is 0.259. The molecule has 1 aromatic heterocycles. The molecular formula is C13H14NO4PS. The number of furan rings is 1. The van der Waals surface area contributed by atoms with Gasteiger partial charge in [-0.05, 0) is 19.1 Å². The highest BCUT2D eigenvalue weighted by Crippen LogP contribution is 2.53. The van der Waals surface area contributed by atoms with Crippen molar-refractivity contribution in [3.8, 4) is 0 Å². The average Bonchev–Trinajstić information content (AvgIpc) is 2.75. The smallest absolute Gasteiger partial charge is 0.241 e. The highest BCUT2D eigenvalue weighted by molar-refractivity contribution is 7.95. The molecule has 0 amide bonds. The minimum atomic E-state index is -3.80. The average molecular weight is 311 g/mol. The fourth-order valence-corrected chi connectivity index (χ4v) is 8.12. The monoisotopic (exact) mass is 311 g/mol. The molecule has 0 bridgehead atoms. The summed E-state index contributed by atoms with van der Waals surface area (Å²) in [6, 6.07) is 6.36.